The Morgan fingerprint density at radius 1 is 1.22 bits per heavy atom. The standard InChI is InChI=1S/C21H27ClN4O5S/c1-14-6-2-3-9-21(14)19(28)26(20(29)24-21)13-18(27)23-15-7-8-16(22)17(12-15)32(30,31)25-10-4-5-11-25/h7-8,12,14H,2-6,9-11,13H2,1H3,(H,23,27)(H,24,29)/t14-,21+/m0/s1. The van der Waals surface area contributed by atoms with E-state index in [1.54, 1.807) is 0 Å². The van der Waals surface area contributed by atoms with E-state index in [9.17, 15) is 22.8 Å². The maximum atomic E-state index is 13.0. The van der Waals surface area contributed by atoms with E-state index < -0.39 is 34.0 Å². The van der Waals surface area contributed by atoms with Gasteiger partial charge in [0, 0.05) is 18.8 Å². The van der Waals surface area contributed by atoms with Crippen molar-refractivity contribution in [3.05, 3.63) is 23.2 Å². The van der Waals surface area contributed by atoms with Gasteiger partial charge in [-0.05, 0) is 49.8 Å². The highest BCUT2D eigenvalue weighted by atomic mass is 35.5. The molecule has 32 heavy (non-hydrogen) atoms. The van der Waals surface area contributed by atoms with Gasteiger partial charge in [0.2, 0.25) is 15.9 Å². The van der Waals surface area contributed by atoms with Crippen LogP contribution < -0.4 is 10.6 Å². The molecule has 2 N–H and O–H groups in total. The first-order valence-electron chi connectivity index (χ1n) is 10.9. The zero-order chi connectivity index (χ0) is 23.1. The van der Waals surface area contributed by atoms with Gasteiger partial charge < -0.3 is 10.6 Å². The van der Waals surface area contributed by atoms with Crippen molar-refractivity contribution < 1.29 is 22.8 Å². The number of rotatable bonds is 5. The minimum absolute atomic E-state index is 0.00428. The van der Waals surface area contributed by atoms with Crippen LogP contribution in [0.2, 0.25) is 5.02 Å². The number of amides is 4. The van der Waals surface area contributed by atoms with Gasteiger partial charge in [0.25, 0.3) is 5.91 Å². The summed E-state index contributed by atoms with van der Waals surface area (Å²) in [6.07, 6.45) is 4.83. The van der Waals surface area contributed by atoms with Gasteiger partial charge in [-0.15, -0.1) is 0 Å². The number of hydrogen-bond acceptors (Lipinski definition) is 5. The number of halogens is 1. The number of benzene rings is 1. The quantitative estimate of drug-likeness (QED) is 0.626. The second kappa shape index (κ2) is 8.64. The number of urea groups is 1. The van der Waals surface area contributed by atoms with Crippen molar-refractivity contribution in [2.75, 3.05) is 25.0 Å². The minimum Gasteiger partial charge on any atom is -0.324 e. The van der Waals surface area contributed by atoms with Crippen molar-refractivity contribution in [1.29, 1.82) is 0 Å². The first kappa shape index (κ1) is 23.0. The summed E-state index contributed by atoms with van der Waals surface area (Å²) < 4.78 is 27.1. The van der Waals surface area contributed by atoms with Crippen molar-refractivity contribution in [2.24, 2.45) is 5.92 Å². The highest BCUT2D eigenvalue weighted by molar-refractivity contribution is 7.89. The monoisotopic (exact) mass is 482 g/mol. The molecular formula is C21H27ClN4O5S. The van der Waals surface area contributed by atoms with E-state index >= 15 is 0 Å². The third kappa shape index (κ3) is 3.99. The van der Waals surface area contributed by atoms with Crippen LogP contribution in [0.4, 0.5) is 10.5 Å². The van der Waals surface area contributed by atoms with Gasteiger partial charge in [-0.2, -0.15) is 4.31 Å². The lowest BCUT2D eigenvalue weighted by atomic mass is 9.73. The van der Waals surface area contributed by atoms with Crippen LogP contribution in [-0.4, -0.2) is 60.6 Å². The van der Waals surface area contributed by atoms with Gasteiger partial charge in [-0.25, -0.2) is 13.2 Å². The molecule has 11 heteroatoms. The molecule has 3 fully saturated rings. The molecule has 1 aliphatic carbocycles. The van der Waals surface area contributed by atoms with Crippen LogP contribution in [0.1, 0.15) is 45.4 Å². The molecule has 0 bridgehead atoms. The fraction of sp³-hybridized carbons (Fsp3) is 0.571. The van der Waals surface area contributed by atoms with Gasteiger partial charge in [0.1, 0.15) is 17.0 Å². The highest BCUT2D eigenvalue weighted by Gasteiger charge is 2.55. The molecule has 2 aliphatic heterocycles. The third-order valence-corrected chi connectivity index (χ3v) is 9.08. The van der Waals surface area contributed by atoms with Gasteiger partial charge in [-0.3, -0.25) is 14.5 Å². The van der Waals surface area contributed by atoms with E-state index in [-0.39, 0.29) is 27.4 Å². The molecule has 3 aliphatic rings. The number of sulfonamides is 1. The van der Waals surface area contributed by atoms with Crippen LogP contribution in [0.5, 0.6) is 0 Å². The van der Waals surface area contributed by atoms with Gasteiger partial charge in [0.15, 0.2) is 0 Å². The second-order valence-electron chi connectivity index (χ2n) is 8.74. The molecule has 0 aromatic heterocycles. The SMILES string of the molecule is C[C@H]1CCCC[C@@]12NC(=O)N(CC(=O)Nc1ccc(Cl)c(S(=O)(=O)N3CCCC3)c1)C2=O. The number of hydrogen-bond donors (Lipinski definition) is 2. The Kier molecular flexibility index (Phi) is 6.21. The summed E-state index contributed by atoms with van der Waals surface area (Å²) in [5, 5.41) is 5.47. The molecule has 0 radical (unpaired) electrons. The molecule has 0 unspecified atom stereocenters. The van der Waals surface area contributed by atoms with Gasteiger partial charge >= 0.3 is 6.03 Å². The van der Waals surface area contributed by atoms with Crippen LogP contribution in [0, 0.1) is 5.92 Å². The number of carbonyl (C=O) groups excluding carboxylic acids is 3. The Balaban J connectivity index is 1.48. The molecular weight excluding hydrogens is 456 g/mol. The topological polar surface area (TPSA) is 116 Å². The maximum absolute atomic E-state index is 13.0. The van der Waals surface area contributed by atoms with E-state index in [1.165, 1.54) is 22.5 Å². The molecule has 2 saturated heterocycles. The Bertz CT molecular complexity index is 1060. The number of carbonyl (C=O) groups is 3. The van der Waals surface area contributed by atoms with E-state index in [0.29, 0.717) is 19.5 Å². The molecule has 9 nitrogen and oxygen atoms in total. The summed E-state index contributed by atoms with van der Waals surface area (Å²) in [6.45, 7) is 2.36. The fourth-order valence-electron chi connectivity index (χ4n) is 4.83. The Morgan fingerprint density at radius 2 is 1.94 bits per heavy atom. The molecule has 2 heterocycles. The van der Waals surface area contributed by atoms with Crippen LogP contribution in [-0.2, 0) is 19.6 Å². The molecule has 2 atom stereocenters. The largest absolute Gasteiger partial charge is 0.325 e. The van der Waals surface area contributed by atoms with Gasteiger partial charge in [0.05, 0.1) is 5.02 Å². The highest BCUT2D eigenvalue weighted by Crippen LogP contribution is 2.38. The number of anilines is 1. The lowest BCUT2D eigenvalue weighted by Crippen LogP contribution is -2.54. The zero-order valence-electron chi connectivity index (χ0n) is 17.9. The van der Waals surface area contributed by atoms with Crippen molar-refractivity contribution in [3.63, 3.8) is 0 Å². The van der Waals surface area contributed by atoms with Crippen LogP contribution >= 0.6 is 11.6 Å². The average molecular weight is 483 g/mol. The summed E-state index contributed by atoms with van der Waals surface area (Å²) in [5.74, 6) is -0.977. The molecule has 174 valence electrons. The van der Waals surface area contributed by atoms with Crippen molar-refractivity contribution in [3.8, 4) is 0 Å². The molecule has 4 rings (SSSR count). The first-order chi connectivity index (χ1) is 15.1. The summed E-state index contributed by atoms with van der Waals surface area (Å²) in [7, 11) is -3.77. The third-order valence-electron chi connectivity index (χ3n) is 6.70. The van der Waals surface area contributed by atoms with E-state index in [4.69, 9.17) is 11.6 Å². The van der Waals surface area contributed by atoms with Crippen LogP contribution in [0.15, 0.2) is 23.1 Å². The molecule has 1 aromatic carbocycles. The normalized spacial score (nSPS) is 26.6. The lowest BCUT2D eigenvalue weighted by molar-refractivity contribution is -0.136. The summed E-state index contributed by atoms with van der Waals surface area (Å²) >= 11 is 6.14. The van der Waals surface area contributed by atoms with E-state index in [1.807, 2.05) is 6.92 Å². The Hall–Kier alpha value is -2.17. The molecule has 1 spiro atoms. The maximum Gasteiger partial charge on any atom is 0.325 e. The molecule has 1 saturated carbocycles. The fourth-order valence-corrected chi connectivity index (χ4v) is 6.85. The van der Waals surface area contributed by atoms with Crippen molar-refractivity contribution in [1.82, 2.24) is 14.5 Å². The van der Waals surface area contributed by atoms with E-state index in [0.717, 1.165) is 37.0 Å². The minimum atomic E-state index is -3.77. The van der Waals surface area contributed by atoms with Crippen LogP contribution in [0.25, 0.3) is 0 Å². The lowest BCUT2D eigenvalue weighted by Gasteiger charge is -2.36. The molecule has 1 aromatic rings. The Morgan fingerprint density at radius 3 is 2.62 bits per heavy atom. The summed E-state index contributed by atoms with van der Waals surface area (Å²) in [4.78, 5) is 39.0. The number of nitrogens with one attached hydrogen (secondary N) is 2. The van der Waals surface area contributed by atoms with Crippen LogP contribution in [0.3, 0.4) is 0 Å². The number of imide groups is 1. The molecule has 4 amide bonds. The first-order valence-corrected chi connectivity index (χ1v) is 12.7. The summed E-state index contributed by atoms with van der Waals surface area (Å²) in [6, 6.07) is 3.63. The van der Waals surface area contributed by atoms with Crippen molar-refractivity contribution in [2.45, 2.75) is 55.9 Å². The predicted molar refractivity (Wildman–Crippen MR) is 119 cm³/mol. The smallest absolute Gasteiger partial charge is 0.324 e. The predicted octanol–water partition coefficient (Wildman–Crippen LogP) is 2.56. The number of nitrogens with zero attached hydrogens (tertiary/aromatic N) is 2. The van der Waals surface area contributed by atoms with Crippen molar-refractivity contribution >= 4 is 45.2 Å². The van der Waals surface area contributed by atoms with Gasteiger partial charge in [-0.1, -0.05) is 31.4 Å². The summed E-state index contributed by atoms with van der Waals surface area (Å²) in [5.41, 5.74) is -0.711. The Labute approximate surface area is 192 Å². The second-order valence-corrected chi connectivity index (χ2v) is 11.1. The zero-order valence-corrected chi connectivity index (χ0v) is 19.5. The van der Waals surface area contributed by atoms with E-state index in [2.05, 4.69) is 10.6 Å². The average Bonchev–Trinajstić information content (AvgIpc) is 3.36.